The molecule has 0 aliphatic carbocycles. The molecule has 25 heavy (non-hydrogen) atoms. The first-order valence-corrected chi connectivity index (χ1v) is 9.29. The Labute approximate surface area is 151 Å². The number of aromatic amines is 1. The fourth-order valence-electron chi connectivity index (χ4n) is 3.08. The van der Waals surface area contributed by atoms with E-state index < -0.39 is 0 Å². The lowest BCUT2D eigenvalue weighted by atomic mass is 10.2. The lowest BCUT2D eigenvalue weighted by Gasteiger charge is -2.24. The molecule has 0 bridgehead atoms. The van der Waals surface area contributed by atoms with Gasteiger partial charge in [-0.05, 0) is 29.8 Å². The summed E-state index contributed by atoms with van der Waals surface area (Å²) in [6.07, 6.45) is 0. The summed E-state index contributed by atoms with van der Waals surface area (Å²) in [6, 6.07) is 16.3. The molecule has 6 heteroatoms. The molecule has 0 saturated carbocycles. The minimum Gasteiger partial charge on any atom is -0.378 e. The molecule has 1 aromatic heterocycles. The van der Waals surface area contributed by atoms with Gasteiger partial charge in [-0.3, -0.25) is 4.79 Å². The highest BCUT2D eigenvalue weighted by atomic mass is 32.2. The van der Waals surface area contributed by atoms with Crippen LogP contribution < -0.4 is 4.90 Å². The molecule has 128 valence electrons. The first-order chi connectivity index (χ1) is 12.1. The zero-order valence-corrected chi connectivity index (χ0v) is 15.1. The van der Waals surface area contributed by atoms with Gasteiger partial charge >= 0.3 is 0 Å². The smallest absolute Gasteiger partial charge is 0.234 e. The van der Waals surface area contributed by atoms with Crippen LogP contribution in [0.5, 0.6) is 0 Å². The number of carbonyl (C=O) groups is 1. The molecular formula is C19H20N4OS. The van der Waals surface area contributed by atoms with Crippen LogP contribution in [0.3, 0.4) is 0 Å². The minimum atomic E-state index is 0.0388. The second-order valence-electron chi connectivity index (χ2n) is 6.37. The first kappa shape index (κ1) is 16.0. The number of amides is 1. The number of hydrogen-bond donors (Lipinski definition) is 1. The summed E-state index contributed by atoms with van der Waals surface area (Å²) >= 11 is 1.67. The second-order valence-corrected chi connectivity index (χ2v) is 7.44. The average molecular weight is 352 g/mol. The Balaban J connectivity index is 1.59. The van der Waals surface area contributed by atoms with E-state index in [4.69, 9.17) is 0 Å². The normalized spacial score (nSPS) is 17.4. The fraction of sp³-hybridized carbons (Fsp3) is 0.263. The number of benzene rings is 2. The van der Waals surface area contributed by atoms with Gasteiger partial charge in [0.2, 0.25) is 5.91 Å². The first-order valence-electron chi connectivity index (χ1n) is 8.24. The Kier molecular flexibility index (Phi) is 4.13. The molecule has 1 aliphatic heterocycles. The number of aromatic nitrogens is 2. The SMILES string of the molecule is CN(C)c1ccc(C2SCC(=O)N2Cc2nc3ccccc3[nH]2)cc1. The van der Waals surface area contributed by atoms with Gasteiger partial charge in [-0.25, -0.2) is 4.98 Å². The van der Waals surface area contributed by atoms with Gasteiger partial charge in [0.15, 0.2) is 0 Å². The van der Waals surface area contributed by atoms with Crippen molar-refractivity contribution in [3.63, 3.8) is 0 Å². The van der Waals surface area contributed by atoms with Gasteiger partial charge in [0.05, 0.1) is 23.3 Å². The zero-order valence-electron chi connectivity index (χ0n) is 14.3. The number of fused-ring (bicyclic) bond motifs is 1. The number of para-hydroxylation sites is 2. The van der Waals surface area contributed by atoms with Crippen molar-refractivity contribution in [1.82, 2.24) is 14.9 Å². The summed E-state index contributed by atoms with van der Waals surface area (Å²) in [4.78, 5) is 24.3. The predicted octanol–water partition coefficient (Wildman–Crippen LogP) is 3.40. The number of anilines is 1. The molecule has 2 heterocycles. The van der Waals surface area contributed by atoms with Crippen molar-refractivity contribution < 1.29 is 4.79 Å². The summed E-state index contributed by atoms with van der Waals surface area (Å²) in [5.74, 6) is 1.50. The molecule has 1 atom stereocenters. The number of carbonyl (C=O) groups excluding carboxylic acids is 1. The van der Waals surface area contributed by atoms with Crippen molar-refractivity contribution in [3.8, 4) is 0 Å². The maximum absolute atomic E-state index is 12.4. The lowest BCUT2D eigenvalue weighted by molar-refractivity contribution is -0.128. The second kappa shape index (κ2) is 6.44. The third kappa shape index (κ3) is 3.09. The summed E-state index contributed by atoms with van der Waals surface area (Å²) in [5.41, 5.74) is 4.24. The van der Waals surface area contributed by atoms with E-state index in [0.717, 1.165) is 28.1 Å². The van der Waals surface area contributed by atoms with E-state index in [0.29, 0.717) is 12.3 Å². The van der Waals surface area contributed by atoms with Crippen LogP contribution in [0.25, 0.3) is 11.0 Å². The van der Waals surface area contributed by atoms with Gasteiger partial charge < -0.3 is 14.8 Å². The maximum atomic E-state index is 12.4. The van der Waals surface area contributed by atoms with Gasteiger partial charge in [-0.1, -0.05) is 24.3 Å². The van der Waals surface area contributed by atoms with E-state index in [1.165, 1.54) is 0 Å². The van der Waals surface area contributed by atoms with Crippen molar-refractivity contribution in [2.24, 2.45) is 0 Å². The fourth-order valence-corrected chi connectivity index (χ4v) is 4.27. The summed E-state index contributed by atoms with van der Waals surface area (Å²) in [7, 11) is 4.05. The van der Waals surface area contributed by atoms with Crippen LogP contribution in [0.4, 0.5) is 5.69 Å². The van der Waals surface area contributed by atoms with E-state index in [-0.39, 0.29) is 11.3 Å². The molecule has 1 N–H and O–H groups in total. The molecule has 0 radical (unpaired) electrons. The number of rotatable bonds is 4. The van der Waals surface area contributed by atoms with E-state index in [1.54, 1.807) is 11.8 Å². The van der Waals surface area contributed by atoms with Crippen LogP contribution in [0, 0.1) is 0 Å². The quantitative estimate of drug-likeness (QED) is 0.782. The van der Waals surface area contributed by atoms with Crippen molar-refractivity contribution in [2.75, 3.05) is 24.7 Å². The van der Waals surface area contributed by atoms with Gasteiger partial charge in [-0.2, -0.15) is 0 Å². The summed E-state index contributed by atoms with van der Waals surface area (Å²) in [5, 5.41) is 0.0388. The monoisotopic (exact) mass is 352 g/mol. The Bertz CT molecular complexity index is 870. The van der Waals surface area contributed by atoms with Crippen molar-refractivity contribution in [3.05, 3.63) is 59.9 Å². The van der Waals surface area contributed by atoms with Gasteiger partial charge in [0, 0.05) is 19.8 Å². The van der Waals surface area contributed by atoms with E-state index in [9.17, 15) is 4.79 Å². The van der Waals surface area contributed by atoms with Crippen LogP contribution in [0.1, 0.15) is 16.8 Å². The molecular weight excluding hydrogens is 332 g/mol. The Morgan fingerprint density at radius 3 is 2.68 bits per heavy atom. The number of thioether (sulfide) groups is 1. The van der Waals surface area contributed by atoms with Gasteiger partial charge in [-0.15, -0.1) is 11.8 Å². The third-order valence-corrected chi connectivity index (χ3v) is 5.68. The molecule has 1 fully saturated rings. The highest BCUT2D eigenvalue weighted by molar-refractivity contribution is 8.00. The number of nitrogens with one attached hydrogen (secondary N) is 1. The number of nitrogens with zero attached hydrogens (tertiary/aromatic N) is 3. The zero-order chi connectivity index (χ0) is 17.4. The van der Waals surface area contributed by atoms with Crippen molar-refractivity contribution in [1.29, 1.82) is 0 Å². The van der Waals surface area contributed by atoms with Crippen molar-refractivity contribution >= 4 is 34.4 Å². The van der Waals surface area contributed by atoms with Crippen LogP contribution in [0.15, 0.2) is 48.5 Å². The Hall–Kier alpha value is -2.47. The van der Waals surface area contributed by atoms with E-state index in [2.05, 4.69) is 39.1 Å². The number of H-pyrrole nitrogens is 1. The topological polar surface area (TPSA) is 52.2 Å². The van der Waals surface area contributed by atoms with E-state index >= 15 is 0 Å². The highest BCUT2D eigenvalue weighted by Crippen LogP contribution is 2.39. The molecule has 2 aromatic carbocycles. The van der Waals surface area contributed by atoms with Crippen LogP contribution in [-0.4, -0.2) is 40.6 Å². The standard InChI is InChI=1S/C19H20N4OS/c1-22(2)14-9-7-13(8-10-14)19-23(18(24)12-25-19)11-17-20-15-5-3-4-6-16(15)21-17/h3-10,19H,11-12H2,1-2H3,(H,20,21). The van der Waals surface area contributed by atoms with Crippen LogP contribution in [-0.2, 0) is 11.3 Å². The molecule has 5 nitrogen and oxygen atoms in total. The minimum absolute atomic E-state index is 0.0388. The number of hydrogen-bond acceptors (Lipinski definition) is 4. The molecule has 1 unspecified atom stereocenters. The highest BCUT2D eigenvalue weighted by Gasteiger charge is 2.33. The van der Waals surface area contributed by atoms with Gasteiger partial charge in [0.1, 0.15) is 11.2 Å². The van der Waals surface area contributed by atoms with Crippen LogP contribution >= 0.6 is 11.8 Å². The van der Waals surface area contributed by atoms with E-state index in [1.807, 2.05) is 43.3 Å². The molecule has 1 saturated heterocycles. The molecule has 4 rings (SSSR count). The van der Waals surface area contributed by atoms with Gasteiger partial charge in [0.25, 0.3) is 0 Å². The summed E-state index contributed by atoms with van der Waals surface area (Å²) < 4.78 is 0. The molecule has 0 spiro atoms. The predicted molar refractivity (Wildman–Crippen MR) is 103 cm³/mol. The maximum Gasteiger partial charge on any atom is 0.234 e. The lowest BCUT2D eigenvalue weighted by Crippen LogP contribution is -2.28. The Morgan fingerprint density at radius 2 is 1.96 bits per heavy atom. The molecule has 1 aliphatic rings. The summed E-state index contributed by atoms with van der Waals surface area (Å²) in [6.45, 7) is 0.501. The molecule has 3 aromatic rings. The largest absolute Gasteiger partial charge is 0.378 e. The Morgan fingerprint density at radius 1 is 1.20 bits per heavy atom. The third-order valence-electron chi connectivity index (χ3n) is 4.42. The average Bonchev–Trinajstić information content (AvgIpc) is 3.19. The van der Waals surface area contributed by atoms with Crippen LogP contribution in [0.2, 0.25) is 0 Å². The van der Waals surface area contributed by atoms with Crippen molar-refractivity contribution in [2.45, 2.75) is 11.9 Å². The number of imidazole rings is 1. The molecule has 1 amide bonds.